The van der Waals surface area contributed by atoms with E-state index in [4.69, 9.17) is 4.74 Å². The average molecular weight is 471 g/mol. The zero-order valence-electron chi connectivity index (χ0n) is 15.5. The highest BCUT2D eigenvalue weighted by molar-refractivity contribution is 14.0. The number of methoxy groups -OCH3 is 1. The third-order valence-electron chi connectivity index (χ3n) is 4.18. The number of nitrogens with zero attached hydrogens (tertiary/aromatic N) is 1. The first-order valence-corrected chi connectivity index (χ1v) is 8.46. The summed E-state index contributed by atoms with van der Waals surface area (Å²) in [6.07, 6.45) is 0.965. The van der Waals surface area contributed by atoms with Crippen molar-refractivity contribution in [3.05, 3.63) is 65.5 Å². The summed E-state index contributed by atoms with van der Waals surface area (Å²) < 4.78 is 18.8. The Morgan fingerprint density at radius 2 is 1.81 bits per heavy atom. The van der Waals surface area contributed by atoms with Crippen molar-refractivity contribution in [2.75, 3.05) is 20.7 Å². The molecule has 0 saturated carbocycles. The van der Waals surface area contributed by atoms with Gasteiger partial charge in [-0.1, -0.05) is 37.3 Å². The van der Waals surface area contributed by atoms with Gasteiger partial charge < -0.3 is 15.4 Å². The Bertz CT molecular complexity index is 692. The van der Waals surface area contributed by atoms with E-state index < -0.39 is 0 Å². The van der Waals surface area contributed by atoms with Gasteiger partial charge in [0.2, 0.25) is 0 Å². The molecule has 0 spiro atoms. The average Bonchev–Trinajstić information content (AvgIpc) is 2.65. The van der Waals surface area contributed by atoms with E-state index in [1.165, 1.54) is 11.6 Å². The van der Waals surface area contributed by atoms with E-state index in [2.05, 4.69) is 34.7 Å². The molecule has 0 aliphatic rings. The van der Waals surface area contributed by atoms with E-state index in [9.17, 15) is 4.39 Å². The molecule has 0 heterocycles. The van der Waals surface area contributed by atoms with Crippen molar-refractivity contribution in [1.82, 2.24) is 10.6 Å². The lowest BCUT2D eigenvalue weighted by Gasteiger charge is -2.15. The topological polar surface area (TPSA) is 45.7 Å². The van der Waals surface area contributed by atoms with Gasteiger partial charge in [-0.15, -0.1) is 24.0 Å². The first kappa shape index (κ1) is 22.2. The van der Waals surface area contributed by atoms with Gasteiger partial charge in [0, 0.05) is 25.7 Å². The lowest BCUT2D eigenvalue weighted by molar-refractivity contribution is 0.414. The standard InChI is InChI=1S/C20H26FN3O.HI/c1-15(16-8-10-18(25-3)11-9-16)12-13-23-20(22-2)24-14-17-6-4-5-7-19(17)21;/h4-11,15H,12-14H2,1-3H3,(H2,22,23,24);1H. The van der Waals surface area contributed by atoms with Gasteiger partial charge in [-0.25, -0.2) is 4.39 Å². The first-order valence-electron chi connectivity index (χ1n) is 8.46. The fourth-order valence-corrected chi connectivity index (χ4v) is 2.55. The molecule has 1 unspecified atom stereocenters. The van der Waals surface area contributed by atoms with E-state index in [0.717, 1.165) is 18.7 Å². The number of aliphatic imine (C=N–C) groups is 1. The largest absolute Gasteiger partial charge is 0.497 e. The second-order valence-corrected chi connectivity index (χ2v) is 5.91. The summed E-state index contributed by atoms with van der Waals surface area (Å²) in [6.45, 7) is 3.38. The van der Waals surface area contributed by atoms with Crippen molar-refractivity contribution in [3.63, 3.8) is 0 Å². The summed E-state index contributed by atoms with van der Waals surface area (Å²) in [5.74, 6) is 1.75. The van der Waals surface area contributed by atoms with Gasteiger partial charge in [-0.05, 0) is 36.1 Å². The number of hydrogen-bond donors (Lipinski definition) is 2. The smallest absolute Gasteiger partial charge is 0.191 e. The highest BCUT2D eigenvalue weighted by atomic mass is 127. The highest BCUT2D eigenvalue weighted by Gasteiger charge is 2.07. The van der Waals surface area contributed by atoms with Gasteiger partial charge in [0.1, 0.15) is 11.6 Å². The molecule has 0 bridgehead atoms. The van der Waals surface area contributed by atoms with Crippen LogP contribution in [0.2, 0.25) is 0 Å². The van der Waals surface area contributed by atoms with Crippen molar-refractivity contribution in [3.8, 4) is 5.75 Å². The molecule has 0 aliphatic carbocycles. The predicted molar refractivity (Wildman–Crippen MR) is 116 cm³/mol. The van der Waals surface area contributed by atoms with Crippen LogP contribution >= 0.6 is 24.0 Å². The molecule has 0 aromatic heterocycles. The summed E-state index contributed by atoms with van der Waals surface area (Å²) in [4.78, 5) is 4.18. The summed E-state index contributed by atoms with van der Waals surface area (Å²) in [7, 11) is 3.38. The molecule has 6 heteroatoms. The van der Waals surface area contributed by atoms with Crippen LogP contribution in [-0.2, 0) is 6.54 Å². The Kier molecular flexibility index (Phi) is 10.0. The molecular formula is C20H27FIN3O. The van der Waals surface area contributed by atoms with E-state index in [1.54, 1.807) is 26.3 Å². The molecule has 2 rings (SSSR count). The molecule has 0 saturated heterocycles. The molecule has 0 radical (unpaired) electrons. The SMILES string of the molecule is CN=C(NCCC(C)c1ccc(OC)cc1)NCc1ccccc1F.I. The van der Waals surface area contributed by atoms with Crippen LogP contribution < -0.4 is 15.4 Å². The van der Waals surface area contributed by atoms with Gasteiger partial charge in [-0.2, -0.15) is 0 Å². The number of halogens is 2. The minimum absolute atomic E-state index is 0. The van der Waals surface area contributed by atoms with Gasteiger partial charge in [0.25, 0.3) is 0 Å². The van der Waals surface area contributed by atoms with Crippen LogP contribution in [-0.4, -0.2) is 26.7 Å². The van der Waals surface area contributed by atoms with Gasteiger partial charge >= 0.3 is 0 Å². The van der Waals surface area contributed by atoms with Crippen LogP contribution in [0.3, 0.4) is 0 Å². The number of hydrogen-bond acceptors (Lipinski definition) is 2. The Hall–Kier alpha value is -1.83. The van der Waals surface area contributed by atoms with Crippen LogP contribution in [0.25, 0.3) is 0 Å². The highest BCUT2D eigenvalue weighted by Crippen LogP contribution is 2.21. The second-order valence-electron chi connectivity index (χ2n) is 5.91. The van der Waals surface area contributed by atoms with Crippen molar-refractivity contribution in [1.29, 1.82) is 0 Å². The van der Waals surface area contributed by atoms with E-state index in [1.807, 2.05) is 18.2 Å². The number of rotatable bonds is 7. The third kappa shape index (κ3) is 6.82. The molecule has 2 aromatic rings. The van der Waals surface area contributed by atoms with E-state index in [0.29, 0.717) is 24.0 Å². The fourth-order valence-electron chi connectivity index (χ4n) is 2.55. The maximum Gasteiger partial charge on any atom is 0.191 e. The van der Waals surface area contributed by atoms with E-state index in [-0.39, 0.29) is 29.8 Å². The predicted octanol–water partition coefficient (Wildman–Crippen LogP) is 4.31. The van der Waals surface area contributed by atoms with Crippen LogP contribution in [0.1, 0.15) is 30.4 Å². The summed E-state index contributed by atoms with van der Waals surface area (Å²) in [6, 6.07) is 14.9. The number of benzene rings is 2. The van der Waals surface area contributed by atoms with Crippen LogP contribution in [0.4, 0.5) is 4.39 Å². The fraction of sp³-hybridized carbons (Fsp3) is 0.350. The lowest BCUT2D eigenvalue weighted by Crippen LogP contribution is -2.37. The quantitative estimate of drug-likeness (QED) is 0.360. The van der Waals surface area contributed by atoms with Crippen LogP contribution in [0.5, 0.6) is 5.75 Å². The monoisotopic (exact) mass is 471 g/mol. The molecule has 1 atom stereocenters. The lowest BCUT2D eigenvalue weighted by atomic mass is 9.98. The first-order chi connectivity index (χ1) is 12.1. The Balaban J connectivity index is 0.00000338. The van der Waals surface area contributed by atoms with Crippen molar-refractivity contribution in [2.24, 2.45) is 4.99 Å². The summed E-state index contributed by atoms with van der Waals surface area (Å²) >= 11 is 0. The van der Waals surface area contributed by atoms with Crippen molar-refractivity contribution in [2.45, 2.75) is 25.8 Å². The third-order valence-corrected chi connectivity index (χ3v) is 4.18. The van der Waals surface area contributed by atoms with Gasteiger partial charge in [-0.3, -0.25) is 4.99 Å². The molecule has 26 heavy (non-hydrogen) atoms. The normalized spacial score (nSPS) is 12.1. The minimum atomic E-state index is -0.210. The Morgan fingerprint density at radius 1 is 1.12 bits per heavy atom. The maximum absolute atomic E-state index is 13.6. The minimum Gasteiger partial charge on any atom is -0.497 e. The zero-order chi connectivity index (χ0) is 18.1. The zero-order valence-corrected chi connectivity index (χ0v) is 17.8. The Labute approximate surface area is 172 Å². The molecule has 2 N–H and O–H groups in total. The molecular weight excluding hydrogens is 444 g/mol. The van der Waals surface area contributed by atoms with Crippen LogP contribution in [0.15, 0.2) is 53.5 Å². The molecule has 2 aromatic carbocycles. The molecule has 142 valence electrons. The molecule has 4 nitrogen and oxygen atoms in total. The number of nitrogens with one attached hydrogen (secondary N) is 2. The summed E-state index contributed by atoms with van der Waals surface area (Å²) in [5.41, 5.74) is 1.90. The van der Waals surface area contributed by atoms with Crippen molar-refractivity contribution >= 4 is 29.9 Å². The summed E-state index contributed by atoms with van der Waals surface area (Å²) in [5, 5.41) is 6.41. The molecule has 0 aliphatic heterocycles. The molecule has 0 fully saturated rings. The number of guanidine groups is 1. The van der Waals surface area contributed by atoms with E-state index >= 15 is 0 Å². The number of ether oxygens (including phenoxy) is 1. The van der Waals surface area contributed by atoms with Gasteiger partial charge in [0.15, 0.2) is 5.96 Å². The van der Waals surface area contributed by atoms with Crippen LogP contribution in [0, 0.1) is 5.82 Å². The molecule has 0 amide bonds. The Morgan fingerprint density at radius 3 is 2.42 bits per heavy atom. The van der Waals surface area contributed by atoms with Crippen molar-refractivity contribution < 1.29 is 9.13 Å². The van der Waals surface area contributed by atoms with Gasteiger partial charge in [0.05, 0.1) is 7.11 Å². The second kappa shape index (κ2) is 11.7. The maximum atomic E-state index is 13.6.